The van der Waals surface area contributed by atoms with Gasteiger partial charge >= 0.3 is 0 Å². The van der Waals surface area contributed by atoms with E-state index in [1.54, 1.807) is 30.5 Å². The number of rotatable bonds is 6. The third kappa shape index (κ3) is 4.45. The van der Waals surface area contributed by atoms with Crippen LogP contribution in [0, 0.1) is 0 Å². The standard InChI is InChI=1S/C17H21N3O2S/c1-11(2)20-10-9-18-17(20)23-13(4)16(22)19-15-7-5-14(6-8-15)12(3)21/h5-11,13H,1-4H3,(H,19,22)/t13-/m1/s1. The molecule has 1 heterocycles. The first kappa shape index (κ1) is 17.3. The molecule has 23 heavy (non-hydrogen) atoms. The molecule has 5 nitrogen and oxygen atoms in total. The highest BCUT2D eigenvalue weighted by Gasteiger charge is 2.18. The number of hydrogen-bond acceptors (Lipinski definition) is 4. The molecule has 0 aliphatic rings. The molecular formula is C17H21N3O2S. The number of imidazole rings is 1. The highest BCUT2D eigenvalue weighted by molar-refractivity contribution is 8.00. The summed E-state index contributed by atoms with van der Waals surface area (Å²) in [5, 5.41) is 3.41. The lowest BCUT2D eigenvalue weighted by molar-refractivity contribution is -0.115. The first-order chi connectivity index (χ1) is 10.9. The molecule has 0 aliphatic heterocycles. The Bertz CT molecular complexity index is 692. The van der Waals surface area contributed by atoms with E-state index >= 15 is 0 Å². The van der Waals surface area contributed by atoms with Crippen molar-refractivity contribution in [3.05, 3.63) is 42.2 Å². The van der Waals surface area contributed by atoms with Gasteiger partial charge in [-0.05, 0) is 52.0 Å². The van der Waals surface area contributed by atoms with Crippen molar-refractivity contribution < 1.29 is 9.59 Å². The lowest BCUT2D eigenvalue weighted by Gasteiger charge is -2.15. The molecule has 0 aliphatic carbocycles. The maximum absolute atomic E-state index is 12.3. The van der Waals surface area contributed by atoms with Gasteiger partial charge in [0, 0.05) is 29.7 Å². The number of carbonyl (C=O) groups is 2. The van der Waals surface area contributed by atoms with Crippen molar-refractivity contribution in [2.45, 2.75) is 44.1 Å². The van der Waals surface area contributed by atoms with E-state index in [2.05, 4.69) is 24.1 Å². The maximum Gasteiger partial charge on any atom is 0.237 e. The number of anilines is 1. The van der Waals surface area contributed by atoms with Gasteiger partial charge < -0.3 is 9.88 Å². The molecule has 0 radical (unpaired) electrons. The monoisotopic (exact) mass is 331 g/mol. The fraction of sp³-hybridized carbons (Fsp3) is 0.353. The van der Waals surface area contributed by atoms with Crippen molar-refractivity contribution in [1.29, 1.82) is 0 Å². The molecule has 6 heteroatoms. The summed E-state index contributed by atoms with van der Waals surface area (Å²) in [5.74, 6) is -0.0868. The van der Waals surface area contributed by atoms with Crippen molar-refractivity contribution in [2.75, 3.05) is 5.32 Å². The van der Waals surface area contributed by atoms with Gasteiger partial charge in [0.2, 0.25) is 5.91 Å². The lowest BCUT2D eigenvalue weighted by atomic mass is 10.1. The first-order valence-electron chi connectivity index (χ1n) is 7.50. The van der Waals surface area contributed by atoms with Crippen LogP contribution in [-0.2, 0) is 4.79 Å². The smallest absolute Gasteiger partial charge is 0.237 e. The van der Waals surface area contributed by atoms with Crippen LogP contribution in [0.3, 0.4) is 0 Å². The van der Waals surface area contributed by atoms with Gasteiger partial charge in [-0.1, -0.05) is 11.8 Å². The van der Waals surface area contributed by atoms with E-state index in [1.165, 1.54) is 18.7 Å². The Morgan fingerprint density at radius 1 is 1.17 bits per heavy atom. The number of benzene rings is 1. The van der Waals surface area contributed by atoms with E-state index in [-0.39, 0.29) is 16.9 Å². The Hall–Kier alpha value is -2.08. The van der Waals surface area contributed by atoms with Gasteiger partial charge in [0.15, 0.2) is 10.9 Å². The predicted molar refractivity (Wildman–Crippen MR) is 93.0 cm³/mol. The summed E-state index contributed by atoms with van der Waals surface area (Å²) in [5.41, 5.74) is 1.31. The van der Waals surface area contributed by atoms with E-state index < -0.39 is 0 Å². The second kappa shape index (κ2) is 7.46. The quantitative estimate of drug-likeness (QED) is 0.646. The zero-order chi connectivity index (χ0) is 17.0. The average molecular weight is 331 g/mol. The fourth-order valence-electron chi connectivity index (χ4n) is 2.03. The number of hydrogen-bond donors (Lipinski definition) is 1. The minimum absolute atomic E-state index is 0.00678. The van der Waals surface area contributed by atoms with E-state index in [0.29, 0.717) is 17.3 Å². The molecule has 0 unspecified atom stereocenters. The zero-order valence-corrected chi connectivity index (χ0v) is 14.6. The van der Waals surface area contributed by atoms with Crippen molar-refractivity contribution in [3.63, 3.8) is 0 Å². The third-order valence-electron chi connectivity index (χ3n) is 3.40. The van der Waals surface area contributed by atoms with Crippen molar-refractivity contribution in [3.8, 4) is 0 Å². The number of carbonyl (C=O) groups excluding carboxylic acids is 2. The molecule has 2 rings (SSSR count). The molecule has 2 aromatic rings. The van der Waals surface area contributed by atoms with Gasteiger partial charge in [0.25, 0.3) is 0 Å². The van der Waals surface area contributed by atoms with Crippen LogP contribution >= 0.6 is 11.8 Å². The van der Waals surface area contributed by atoms with Gasteiger partial charge in [-0.2, -0.15) is 0 Å². The normalized spacial score (nSPS) is 12.2. The van der Waals surface area contributed by atoms with Crippen molar-refractivity contribution in [1.82, 2.24) is 9.55 Å². The minimum atomic E-state index is -0.276. The first-order valence-corrected chi connectivity index (χ1v) is 8.37. The number of thioether (sulfide) groups is 1. The molecule has 0 fully saturated rings. The number of ketones is 1. The van der Waals surface area contributed by atoms with Crippen LogP contribution in [0.25, 0.3) is 0 Å². The highest BCUT2D eigenvalue weighted by atomic mass is 32.2. The van der Waals surface area contributed by atoms with Crippen molar-refractivity contribution in [2.24, 2.45) is 0 Å². The molecule has 0 saturated heterocycles. The van der Waals surface area contributed by atoms with Gasteiger partial charge in [0.1, 0.15) is 0 Å². The summed E-state index contributed by atoms with van der Waals surface area (Å²) < 4.78 is 2.04. The third-order valence-corrected chi connectivity index (χ3v) is 4.49. The summed E-state index contributed by atoms with van der Waals surface area (Å²) in [6, 6.07) is 7.19. The Labute approximate surface area is 140 Å². The Morgan fingerprint density at radius 2 is 1.83 bits per heavy atom. The van der Waals surface area contributed by atoms with Gasteiger partial charge in [0.05, 0.1) is 5.25 Å². The zero-order valence-electron chi connectivity index (χ0n) is 13.7. The highest BCUT2D eigenvalue weighted by Crippen LogP contribution is 2.25. The molecule has 122 valence electrons. The summed E-state index contributed by atoms with van der Waals surface area (Å²) in [7, 11) is 0. The summed E-state index contributed by atoms with van der Waals surface area (Å²) in [6.07, 6.45) is 3.66. The molecular weight excluding hydrogens is 310 g/mol. The SMILES string of the molecule is CC(=O)c1ccc(NC(=O)[C@@H](C)Sc2nccn2C(C)C)cc1. The fourth-order valence-corrected chi connectivity index (χ4v) is 3.02. The van der Waals surface area contributed by atoms with Crippen LogP contribution in [0.15, 0.2) is 41.8 Å². The maximum atomic E-state index is 12.3. The van der Waals surface area contributed by atoms with Crippen LogP contribution in [0.4, 0.5) is 5.69 Å². The largest absolute Gasteiger partial charge is 0.325 e. The van der Waals surface area contributed by atoms with Gasteiger partial charge in [-0.15, -0.1) is 0 Å². The van der Waals surface area contributed by atoms with Crippen LogP contribution in [0.1, 0.15) is 44.1 Å². The lowest BCUT2D eigenvalue weighted by Crippen LogP contribution is -2.23. The number of nitrogens with one attached hydrogen (secondary N) is 1. The molecule has 1 aromatic carbocycles. The molecule has 1 N–H and O–H groups in total. The van der Waals surface area contributed by atoms with E-state index in [1.807, 2.05) is 17.7 Å². The number of aromatic nitrogens is 2. The number of nitrogens with zero attached hydrogens (tertiary/aromatic N) is 2. The van der Waals surface area contributed by atoms with E-state index in [4.69, 9.17) is 0 Å². The Balaban J connectivity index is 1.99. The van der Waals surface area contributed by atoms with Crippen LogP contribution < -0.4 is 5.32 Å². The molecule has 1 atom stereocenters. The Morgan fingerprint density at radius 3 is 2.39 bits per heavy atom. The topological polar surface area (TPSA) is 64.0 Å². The molecule has 0 saturated carbocycles. The molecule has 1 amide bonds. The summed E-state index contributed by atoms with van der Waals surface area (Å²) in [4.78, 5) is 27.9. The molecule has 0 bridgehead atoms. The second-order valence-electron chi connectivity index (χ2n) is 5.59. The number of Topliss-reactive ketones (excluding diaryl/α,β-unsaturated/α-hetero) is 1. The average Bonchev–Trinajstić information content (AvgIpc) is 2.96. The van der Waals surface area contributed by atoms with Crippen LogP contribution in [0.5, 0.6) is 0 Å². The van der Waals surface area contributed by atoms with Crippen molar-refractivity contribution >= 4 is 29.1 Å². The number of amides is 1. The summed E-state index contributed by atoms with van der Waals surface area (Å²) >= 11 is 1.43. The summed E-state index contributed by atoms with van der Waals surface area (Å²) in [6.45, 7) is 7.52. The van der Waals surface area contributed by atoms with Crippen LogP contribution in [0.2, 0.25) is 0 Å². The predicted octanol–water partition coefficient (Wildman–Crippen LogP) is 3.79. The van der Waals surface area contributed by atoms with Gasteiger partial charge in [-0.3, -0.25) is 9.59 Å². The molecule has 0 spiro atoms. The van der Waals surface area contributed by atoms with E-state index in [9.17, 15) is 9.59 Å². The van der Waals surface area contributed by atoms with Gasteiger partial charge in [-0.25, -0.2) is 4.98 Å². The van der Waals surface area contributed by atoms with E-state index in [0.717, 1.165) is 5.16 Å². The molecule has 1 aromatic heterocycles. The van der Waals surface area contributed by atoms with Crippen LogP contribution in [-0.4, -0.2) is 26.5 Å². The Kier molecular flexibility index (Phi) is 5.60. The second-order valence-corrected chi connectivity index (χ2v) is 6.90. The minimum Gasteiger partial charge on any atom is -0.325 e.